The number of hydrogen-bond acceptors (Lipinski definition) is 2. The maximum atomic E-state index is 6.10. The molecular weight excluding hydrogens is 198 g/mol. The van der Waals surface area contributed by atoms with Gasteiger partial charge in [-0.25, -0.2) is 0 Å². The van der Waals surface area contributed by atoms with E-state index in [4.69, 9.17) is 4.74 Å². The first-order chi connectivity index (χ1) is 7.79. The average molecular weight is 225 g/mol. The van der Waals surface area contributed by atoms with Crippen molar-refractivity contribution in [3.8, 4) is 0 Å². The van der Waals surface area contributed by atoms with Crippen LogP contribution in [0.5, 0.6) is 0 Å². The molecule has 0 saturated heterocycles. The lowest BCUT2D eigenvalue weighted by Gasteiger charge is -2.35. The van der Waals surface area contributed by atoms with E-state index in [0.29, 0.717) is 12.1 Å². The summed E-state index contributed by atoms with van der Waals surface area (Å²) in [5.74, 6) is 1.83. The van der Waals surface area contributed by atoms with E-state index in [2.05, 4.69) is 19.3 Å². The lowest BCUT2D eigenvalue weighted by Crippen LogP contribution is -2.43. The Kier molecular flexibility index (Phi) is 4.66. The Hall–Kier alpha value is -0.0800. The summed E-state index contributed by atoms with van der Waals surface area (Å²) < 4.78 is 6.10. The molecule has 2 aliphatic rings. The van der Waals surface area contributed by atoms with Gasteiger partial charge in [-0.15, -0.1) is 0 Å². The summed E-state index contributed by atoms with van der Waals surface area (Å²) in [6, 6.07) is 0.595. The first kappa shape index (κ1) is 12.4. The van der Waals surface area contributed by atoms with Crippen molar-refractivity contribution >= 4 is 0 Å². The molecule has 1 N–H and O–H groups in total. The van der Waals surface area contributed by atoms with E-state index < -0.39 is 0 Å². The van der Waals surface area contributed by atoms with E-state index in [1.165, 1.54) is 44.9 Å². The van der Waals surface area contributed by atoms with Crippen molar-refractivity contribution in [1.82, 2.24) is 5.32 Å². The molecule has 0 heterocycles. The van der Waals surface area contributed by atoms with Crippen molar-refractivity contribution in [3.63, 3.8) is 0 Å². The van der Waals surface area contributed by atoms with Crippen LogP contribution in [0.4, 0.5) is 0 Å². The Bertz CT molecular complexity index is 203. The minimum atomic E-state index is 0.467. The van der Waals surface area contributed by atoms with Gasteiger partial charge in [-0.3, -0.25) is 0 Å². The van der Waals surface area contributed by atoms with Crippen LogP contribution in [0, 0.1) is 11.8 Å². The van der Waals surface area contributed by atoms with Crippen molar-refractivity contribution in [3.05, 3.63) is 0 Å². The topological polar surface area (TPSA) is 21.3 Å². The van der Waals surface area contributed by atoms with Crippen molar-refractivity contribution in [1.29, 1.82) is 0 Å². The van der Waals surface area contributed by atoms with Crippen LogP contribution >= 0.6 is 0 Å². The van der Waals surface area contributed by atoms with Gasteiger partial charge in [-0.05, 0) is 44.6 Å². The first-order valence-corrected chi connectivity index (χ1v) is 7.08. The molecule has 3 unspecified atom stereocenters. The van der Waals surface area contributed by atoms with Crippen LogP contribution < -0.4 is 5.32 Å². The Morgan fingerprint density at radius 3 is 2.62 bits per heavy atom. The monoisotopic (exact) mass is 225 g/mol. The lowest BCUT2D eigenvalue weighted by atomic mass is 9.83. The molecule has 2 saturated carbocycles. The normalized spacial score (nSPS) is 36.0. The number of likely N-dealkylation sites (N-methyl/N-ethyl adjacent to an activating group) is 1. The fourth-order valence-corrected chi connectivity index (χ4v) is 3.01. The zero-order valence-electron chi connectivity index (χ0n) is 10.9. The molecule has 2 fully saturated rings. The predicted octanol–water partition coefficient (Wildman–Crippen LogP) is 2.97. The zero-order valence-corrected chi connectivity index (χ0v) is 10.9. The van der Waals surface area contributed by atoms with Gasteiger partial charge in [0.1, 0.15) is 0 Å². The van der Waals surface area contributed by atoms with E-state index in [-0.39, 0.29) is 0 Å². The molecule has 2 heteroatoms. The molecule has 0 aliphatic heterocycles. The van der Waals surface area contributed by atoms with Gasteiger partial charge in [0, 0.05) is 12.6 Å². The molecule has 2 rings (SSSR count). The van der Waals surface area contributed by atoms with E-state index in [9.17, 15) is 0 Å². The van der Waals surface area contributed by atoms with Gasteiger partial charge in [0.2, 0.25) is 0 Å². The molecule has 16 heavy (non-hydrogen) atoms. The van der Waals surface area contributed by atoms with Crippen LogP contribution in [0.2, 0.25) is 0 Å². The minimum Gasteiger partial charge on any atom is -0.377 e. The molecule has 0 amide bonds. The smallest absolute Gasteiger partial charge is 0.0730 e. The van der Waals surface area contributed by atoms with Crippen molar-refractivity contribution in [2.75, 3.05) is 13.7 Å². The Morgan fingerprint density at radius 1 is 1.19 bits per heavy atom. The average Bonchev–Trinajstić information content (AvgIpc) is 2.22. The van der Waals surface area contributed by atoms with Gasteiger partial charge in [0.05, 0.1) is 6.10 Å². The maximum Gasteiger partial charge on any atom is 0.0730 e. The number of hydrogen-bond donors (Lipinski definition) is 1. The molecule has 0 spiro atoms. The van der Waals surface area contributed by atoms with Gasteiger partial charge < -0.3 is 10.1 Å². The summed E-state index contributed by atoms with van der Waals surface area (Å²) in [6.07, 6.45) is 9.98. The van der Waals surface area contributed by atoms with Crippen LogP contribution in [0.3, 0.4) is 0 Å². The largest absolute Gasteiger partial charge is 0.377 e. The van der Waals surface area contributed by atoms with Gasteiger partial charge in [-0.2, -0.15) is 0 Å². The molecule has 0 bridgehead atoms. The SMILES string of the molecule is CNC1CCC(C)CC1OCCC1CCC1. The summed E-state index contributed by atoms with van der Waals surface area (Å²) in [5, 5.41) is 3.42. The molecule has 0 aromatic carbocycles. The number of ether oxygens (including phenoxy) is 1. The summed E-state index contributed by atoms with van der Waals surface area (Å²) >= 11 is 0. The van der Waals surface area contributed by atoms with Crippen LogP contribution in [-0.4, -0.2) is 25.8 Å². The maximum absolute atomic E-state index is 6.10. The van der Waals surface area contributed by atoms with E-state index in [1.54, 1.807) is 0 Å². The Labute approximate surface area is 100 Å². The molecule has 0 aromatic heterocycles. The highest BCUT2D eigenvalue weighted by Gasteiger charge is 2.28. The van der Waals surface area contributed by atoms with Crippen molar-refractivity contribution in [2.45, 2.75) is 64.0 Å². The minimum absolute atomic E-state index is 0.467. The quantitative estimate of drug-likeness (QED) is 0.776. The second-order valence-electron chi connectivity index (χ2n) is 5.81. The Balaban J connectivity index is 1.67. The van der Waals surface area contributed by atoms with Crippen LogP contribution in [0.1, 0.15) is 51.9 Å². The zero-order chi connectivity index (χ0) is 11.4. The predicted molar refractivity (Wildman–Crippen MR) is 67.6 cm³/mol. The van der Waals surface area contributed by atoms with Gasteiger partial charge >= 0.3 is 0 Å². The molecule has 0 aromatic rings. The molecule has 2 aliphatic carbocycles. The third-order valence-electron chi connectivity index (χ3n) is 4.51. The number of rotatable bonds is 5. The third kappa shape index (κ3) is 3.21. The van der Waals surface area contributed by atoms with E-state index >= 15 is 0 Å². The van der Waals surface area contributed by atoms with Crippen LogP contribution in [0.25, 0.3) is 0 Å². The summed E-state index contributed by atoms with van der Waals surface area (Å²) in [7, 11) is 2.07. The van der Waals surface area contributed by atoms with Gasteiger partial charge in [-0.1, -0.05) is 26.2 Å². The fraction of sp³-hybridized carbons (Fsp3) is 1.00. The third-order valence-corrected chi connectivity index (χ3v) is 4.51. The second kappa shape index (κ2) is 6.02. The van der Waals surface area contributed by atoms with Crippen LogP contribution in [0.15, 0.2) is 0 Å². The van der Waals surface area contributed by atoms with Crippen LogP contribution in [-0.2, 0) is 4.74 Å². The molecular formula is C14H27NO. The molecule has 0 radical (unpaired) electrons. The highest BCUT2D eigenvalue weighted by molar-refractivity contribution is 4.83. The summed E-state index contributed by atoms with van der Waals surface area (Å²) in [5.41, 5.74) is 0. The fourth-order valence-electron chi connectivity index (χ4n) is 3.01. The van der Waals surface area contributed by atoms with Crippen molar-refractivity contribution < 1.29 is 4.74 Å². The standard InChI is InChI=1S/C14H27NO/c1-11-6-7-13(15-2)14(10-11)16-9-8-12-4-3-5-12/h11-15H,3-10H2,1-2H3. The highest BCUT2D eigenvalue weighted by Crippen LogP contribution is 2.30. The molecule has 3 atom stereocenters. The van der Waals surface area contributed by atoms with E-state index in [0.717, 1.165) is 18.4 Å². The highest BCUT2D eigenvalue weighted by atomic mass is 16.5. The first-order valence-electron chi connectivity index (χ1n) is 7.08. The van der Waals surface area contributed by atoms with E-state index in [1.807, 2.05) is 0 Å². The number of nitrogens with one attached hydrogen (secondary N) is 1. The van der Waals surface area contributed by atoms with Gasteiger partial charge in [0.15, 0.2) is 0 Å². The molecule has 2 nitrogen and oxygen atoms in total. The molecule has 94 valence electrons. The lowest BCUT2D eigenvalue weighted by molar-refractivity contribution is -0.0144. The Morgan fingerprint density at radius 2 is 2.00 bits per heavy atom. The van der Waals surface area contributed by atoms with Crippen molar-refractivity contribution in [2.24, 2.45) is 11.8 Å². The summed E-state index contributed by atoms with van der Waals surface area (Å²) in [6.45, 7) is 3.34. The van der Waals surface area contributed by atoms with Gasteiger partial charge in [0.25, 0.3) is 0 Å². The summed E-state index contributed by atoms with van der Waals surface area (Å²) in [4.78, 5) is 0. The second-order valence-corrected chi connectivity index (χ2v) is 5.81.